The van der Waals surface area contributed by atoms with Crippen LogP contribution >= 0.6 is 23.1 Å². The van der Waals surface area contributed by atoms with E-state index in [1.807, 2.05) is 11.3 Å². The summed E-state index contributed by atoms with van der Waals surface area (Å²) in [6, 6.07) is 4.61. The molecule has 0 bridgehead atoms. The number of thioether (sulfide) groups is 1. The Morgan fingerprint density at radius 1 is 1.21 bits per heavy atom. The molecule has 108 valence electrons. The molecule has 2 nitrogen and oxygen atoms in total. The van der Waals surface area contributed by atoms with E-state index in [0.717, 1.165) is 25.6 Å². The van der Waals surface area contributed by atoms with Crippen molar-refractivity contribution in [2.75, 3.05) is 31.1 Å². The zero-order chi connectivity index (χ0) is 13.5. The third-order valence-electron chi connectivity index (χ3n) is 3.26. The first-order valence-electron chi connectivity index (χ1n) is 7.32. The number of nitrogens with one attached hydrogen (secondary N) is 1. The molecule has 0 unspecified atom stereocenters. The minimum Gasteiger partial charge on any atom is -0.312 e. The van der Waals surface area contributed by atoms with Crippen LogP contribution in [0.15, 0.2) is 12.1 Å². The Kier molecular flexibility index (Phi) is 6.71. The van der Waals surface area contributed by atoms with Gasteiger partial charge in [-0.3, -0.25) is 4.90 Å². The fourth-order valence-electron chi connectivity index (χ4n) is 2.26. The highest BCUT2D eigenvalue weighted by molar-refractivity contribution is 7.99. The topological polar surface area (TPSA) is 15.3 Å². The van der Waals surface area contributed by atoms with E-state index in [1.54, 1.807) is 0 Å². The number of nitrogens with zero attached hydrogens (tertiary/aromatic N) is 1. The van der Waals surface area contributed by atoms with Gasteiger partial charge < -0.3 is 5.32 Å². The summed E-state index contributed by atoms with van der Waals surface area (Å²) in [7, 11) is 0. The molecule has 0 saturated carbocycles. The maximum atomic E-state index is 3.52. The van der Waals surface area contributed by atoms with Crippen molar-refractivity contribution in [3.8, 4) is 0 Å². The van der Waals surface area contributed by atoms with Crippen molar-refractivity contribution in [3.05, 3.63) is 21.9 Å². The van der Waals surface area contributed by atoms with E-state index in [-0.39, 0.29) is 0 Å². The van der Waals surface area contributed by atoms with E-state index in [0.29, 0.717) is 0 Å². The Morgan fingerprint density at radius 3 is 2.89 bits per heavy atom. The standard InChI is InChI=1S/C15H26N2S2/c1-13(2)10-16-11-14-4-5-15(19-14)12-17-6-3-8-18-9-7-17/h4-5,13,16H,3,6-12H2,1-2H3. The Labute approximate surface area is 126 Å². The lowest BCUT2D eigenvalue weighted by Crippen LogP contribution is -2.24. The molecule has 2 rings (SSSR count). The molecule has 0 aromatic carbocycles. The van der Waals surface area contributed by atoms with E-state index in [1.165, 1.54) is 40.8 Å². The van der Waals surface area contributed by atoms with E-state index < -0.39 is 0 Å². The SMILES string of the molecule is CC(C)CNCc1ccc(CN2CCCSCC2)s1. The third kappa shape index (κ3) is 5.86. The van der Waals surface area contributed by atoms with E-state index >= 15 is 0 Å². The van der Waals surface area contributed by atoms with Gasteiger partial charge in [0, 0.05) is 35.1 Å². The summed E-state index contributed by atoms with van der Waals surface area (Å²) in [6.45, 7) is 10.3. The molecule has 0 radical (unpaired) electrons. The smallest absolute Gasteiger partial charge is 0.0328 e. The second-order valence-corrected chi connectivity index (χ2v) is 8.11. The minimum atomic E-state index is 0.731. The molecular formula is C15H26N2S2. The summed E-state index contributed by atoms with van der Waals surface area (Å²) < 4.78 is 0. The van der Waals surface area contributed by atoms with Crippen LogP contribution in [0.1, 0.15) is 30.0 Å². The predicted octanol–water partition coefficient (Wildman–Crippen LogP) is 3.43. The van der Waals surface area contributed by atoms with Gasteiger partial charge in [-0.05, 0) is 43.3 Å². The first-order chi connectivity index (χ1) is 9.24. The van der Waals surface area contributed by atoms with Crippen LogP contribution in [-0.2, 0) is 13.1 Å². The van der Waals surface area contributed by atoms with E-state index in [2.05, 4.69) is 48.0 Å². The number of thiophene rings is 1. The lowest BCUT2D eigenvalue weighted by molar-refractivity contribution is 0.290. The molecule has 1 N–H and O–H groups in total. The van der Waals surface area contributed by atoms with Crippen molar-refractivity contribution in [2.24, 2.45) is 5.92 Å². The molecule has 2 heterocycles. The van der Waals surface area contributed by atoms with Crippen LogP contribution in [0, 0.1) is 5.92 Å². The second kappa shape index (κ2) is 8.30. The number of hydrogen-bond acceptors (Lipinski definition) is 4. The number of rotatable bonds is 6. The van der Waals surface area contributed by atoms with Gasteiger partial charge in [-0.1, -0.05) is 13.8 Å². The molecule has 1 aliphatic rings. The molecule has 0 atom stereocenters. The first-order valence-corrected chi connectivity index (χ1v) is 9.29. The van der Waals surface area contributed by atoms with Crippen molar-refractivity contribution < 1.29 is 0 Å². The van der Waals surface area contributed by atoms with Crippen LogP contribution in [-0.4, -0.2) is 36.0 Å². The largest absolute Gasteiger partial charge is 0.312 e. The van der Waals surface area contributed by atoms with E-state index in [9.17, 15) is 0 Å². The van der Waals surface area contributed by atoms with Crippen LogP contribution in [0.5, 0.6) is 0 Å². The quantitative estimate of drug-likeness (QED) is 0.866. The molecule has 0 aliphatic carbocycles. The van der Waals surface area contributed by atoms with Gasteiger partial charge in [-0.25, -0.2) is 0 Å². The van der Waals surface area contributed by atoms with Crippen molar-refractivity contribution in [3.63, 3.8) is 0 Å². The molecule has 1 aromatic heterocycles. The molecule has 19 heavy (non-hydrogen) atoms. The molecule has 1 fully saturated rings. The van der Waals surface area contributed by atoms with Gasteiger partial charge in [0.25, 0.3) is 0 Å². The molecule has 1 aromatic rings. The highest BCUT2D eigenvalue weighted by Crippen LogP contribution is 2.20. The van der Waals surface area contributed by atoms with Gasteiger partial charge in [-0.15, -0.1) is 11.3 Å². The van der Waals surface area contributed by atoms with Gasteiger partial charge in [0.15, 0.2) is 0 Å². The Bertz CT molecular complexity index is 355. The second-order valence-electron chi connectivity index (χ2n) is 5.63. The van der Waals surface area contributed by atoms with E-state index in [4.69, 9.17) is 0 Å². The normalized spacial score (nSPS) is 17.8. The summed E-state index contributed by atoms with van der Waals surface area (Å²) in [5.41, 5.74) is 0. The van der Waals surface area contributed by atoms with Gasteiger partial charge in [0.2, 0.25) is 0 Å². The Balaban J connectivity index is 1.76. The summed E-state index contributed by atoms with van der Waals surface area (Å²) in [5, 5.41) is 3.52. The van der Waals surface area contributed by atoms with Gasteiger partial charge in [0.05, 0.1) is 0 Å². The summed E-state index contributed by atoms with van der Waals surface area (Å²) >= 11 is 4.07. The van der Waals surface area contributed by atoms with Crippen LogP contribution in [0.4, 0.5) is 0 Å². The molecule has 4 heteroatoms. The first kappa shape index (κ1) is 15.4. The Morgan fingerprint density at radius 2 is 2.05 bits per heavy atom. The monoisotopic (exact) mass is 298 g/mol. The fourth-order valence-corrected chi connectivity index (χ4v) is 4.22. The minimum absolute atomic E-state index is 0.731. The van der Waals surface area contributed by atoms with Crippen LogP contribution in [0.2, 0.25) is 0 Å². The van der Waals surface area contributed by atoms with Crippen LogP contribution in [0.3, 0.4) is 0 Å². The molecule has 0 spiro atoms. The lowest BCUT2D eigenvalue weighted by Gasteiger charge is -2.18. The average molecular weight is 299 g/mol. The van der Waals surface area contributed by atoms with Gasteiger partial charge in [-0.2, -0.15) is 11.8 Å². The average Bonchev–Trinajstić information content (AvgIpc) is 2.65. The fraction of sp³-hybridized carbons (Fsp3) is 0.733. The molecule has 1 aliphatic heterocycles. The number of hydrogen-bond donors (Lipinski definition) is 1. The predicted molar refractivity (Wildman–Crippen MR) is 88.1 cm³/mol. The summed E-state index contributed by atoms with van der Waals surface area (Å²) in [4.78, 5) is 5.60. The highest BCUT2D eigenvalue weighted by Gasteiger charge is 2.10. The van der Waals surface area contributed by atoms with Gasteiger partial charge >= 0.3 is 0 Å². The summed E-state index contributed by atoms with van der Waals surface area (Å²) in [6.07, 6.45) is 1.35. The molecule has 1 saturated heterocycles. The van der Waals surface area contributed by atoms with Crippen molar-refractivity contribution >= 4 is 23.1 Å². The lowest BCUT2D eigenvalue weighted by atomic mass is 10.2. The highest BCUT2D eigenvalue weighted by atomic mass is 32.2. The van der Waals surface area contributed by atoms with Crippen molar-refractivity contribution in [1.82, 2.24) is 10.2 Å². The molecule has 0 amide bonds. The zero-order valence-electron chi connectivity index (χ0n) is 12.2. The summed E-state index contributed by atoms with van der Waals surface area (Å²) in [5.74, 6) is 3.37. The maximum Gasteiger partial charge on any atom is 0.0328 e. The van der Waals surface area contributed by atoms with Crippen LogP contribution in [0.25, 0.3) is 0 Å². The molecular weight excluding hydrogens is 272 g/mol. The van der Waals surface area contributed by atoms with Crippen molar-refractivity contribution in [1.29, 1.82) is 0 Å². The van der Waals surface area contributed by atoms with Gasteiger partial charge in [0.1, 0.15) is 0 Å². The Hall–Kier alpha value is -0.0300. The third-order valence-corrected chi connectivity index (χ3v) is 5.38. The van der Waals surface area contributed by atoms with Crippen molar-refractivity contribution in [2.45, 2.75) is 33.4 Å². The zero-order valence-corrected chi connectivity index (χ0v) is 13.8. The maximum absolute atomic E-state index is 3.52. The van der Waals surface area contributed by atoms with Crippen LogP contribution < -0.4 is 5.32 Å².